The van der Waals surface area contributed by atoms with Gasteiger partial charge in [0.2, 0.25) is 6.79 Å². The molecule has 3 aromatic carbocycles. The zero-order chi connectivity index (χ0) is 22.2. The predicted octanol–water partition coefficient (Wildman–Crippen LogP) is 6.12. The third-order valence-electron chi connectivity index (χ3n) is 6.08. The molecule has 0 atom stereocenters. The van der Waals surface area contributed by atoms with Crippen molar-refractivity contribution in [1.29, 1.82) is 0 Å². The molecule has 0 unspecified atom stereocenters. The van der Waals surface area contributed by atoms with Gasteiger partial charge in [0.05, 0.1) is 5.52 Å². The van der Waals surface area contributed by atoms with E-state index in [1.807, 2.05) is 38.1 Å². The van der Waals surface area contributed by atoms with Crippen molar-refractivity contribution in [3.63, 3.8) is 0 Å². The second-order valence-electron chi connectivity index (χ2n) is 8.14. The molecule has 0 bridgehead atoms. The van der Waals surface area contributed by atoms with E-state index in [-0.39, 0.29) is 12.6 Å². The van der Waals surface area contributed by atoms with Gasteiger partial charge in [-0.25, -0.2) is 4.39 Å². The first-order chi connectivity index (χ1) is 15.5. The maximum absolute atomic E-state index is 14.2. The van der Waals surface area contributed by atoms with E-state index >= 15 is 0 Å². The molecule has 0 saturated heterocycles. The van der Waals surface area contributed by atoms with Crippen LogP contribution in [-0.2, 0) is 6.42 Å². The highest BCUT2D eigenvalue weighted by atomic mass is 19.1. The molecule has 32 heavy (non-hydrogen) atoms. The van der Waals surface area contributed by atoms with E-state index < -0.39 is 0 Å². The van der Waals surface area contributed by atoms with Gasteiger partial charge in [-0.3, -0.25) is 0 Å². The van der Waals surface area contributed by atoms with E-state index in [4.69, 9.17) is 9.47 Å². The van der Waals surface area contributed by atoms with E-state index in [2.05, 4.69) is 41.1 Å². The van der Waals surface area contributed by atoms with E-state index in [1.165, 1.54) is 6.07 Å². The maximum Gasteiger partial charge on any atom is 0.231 e. The zero-order valence-electron chi connectivity index (χ0n) is 18.2. The number of benzene rings is 3. The summed E-state index contributed by atoms with van der Waals surface area (Å²) in [6.45, 7) is 9.20. The number of hydrogen-bond donors (Lipinski definition) is 2. The highest BCUT2D eigenvalue weighted by Crippen LogP contribution is 2.36. The van der Waals surface area contributed by atoms with Gasteiger partial charge in [-0.05, 0) is 66.3 Å². The molecule has 0 fully saturated rings. The van der Waals surface area contributed by atoms with Gasteiger partial charge in [0.1, 0.15) is 5.82 Å². The Morgan fingerprint density at radius 1 is 1.00 bits per heavy atom. The van der Waals surface area contributed by atoms with Crippen LogP contribution in [0.4, 0.5) is 4.39 Å². The Morgan fingerprint density at radius 2 is 1.75 bits per heavy atom. The molecule has 2 heterocycles. The van der Waals surface area contributed by atoms with E-state index in [0.717, 1.165) is 62.5 Å². The monoisotopic (exact) mass is 428 g/mol. The van der Waals surface area contributed by atoms with Gasteiger partial charge in [-0.2, -0.15) is 0 Å². The standard InChI is InChI=1S/C27H25FN2O2/c1-16-4-10-23(28)27-26(16)22(18(3)30-27)12-13-29-17(2)19-5-7-20(8-6-19)21-9-11-24-25(14-21)32-15-31-24/h4-11,14,29-30H,2,12-13,15H2,1,3H3. The number of rotatable bonds is 6. The molecule has 1 aliphatic rings. The molecule has 1 aromatic heterocycles. The number of aromatic nitrogens is 1. The topological polar surface area (TPSA) is 46.3 Å². The Bertz CT molecular complexity index is 1320. The largest absolute Gasteiger partial charge is 0.454 e. The summed E-state index contributed by atoms with van der Waals surface area (Å²) in [5.41, 5.74) is 7.91. The zero-order valence-corrected chi connectivity index (χ0v) is 18.2. The smallest absolute Gasteiger partial charge is 0.231 e. The fraction of sp³-hybridized carbons (Fsp3) is 0.185. The Hall–Kier alpha value is -3.73. The Kier molecular flexibility index (Phi) is 5.10. The van der Waals surface area contributed by atoms with Crippen molar-refractivity contribution in [2.75, 3.05) is 13.3 Å². The summed E-state index contributed by atoms with van der Waals surface area (Å²) in [5.74, 6) is 1.35. The van der Waals surface area contributed by atoms with Crippen molar-refractivity contribution in [3.8, 4) is 22.6 Å². The molecule has 5 heteroatoms. The summed E-state index contributed by atoms with van der Waals surface area (Å²) in [6, 6.07) is 17.6. The first kappa shape index (κ1) is 20.2. The van der Waals surface area contributed by atoms with Gasteiger partial charge in [0.15, 0.2) is 11.5 Å². The molecule has 4 aromatic rings. The molecule has 2 N–H and O–H groups in total. The van der Waals surface area contributed by atoms with Crippen LogP contribution < -0.4 is 14.8 Å². The molecule has 1 aliphatic heterocycles. The van der Waals surface area contributed by atoms with Crippen LogP contribution in [0.2, 0.25) is 0 Å². The second-order valence-corrected chi connectivity index (χ2v) is 8.14. The van der Waals surface area contributed by atoms with Crippen molar-refractivity contribution in [2.45, 2.75) is 20.3 Å². The first-order valence-corrected chi connectivity index (χ1v) is 10.7. The molecule has 5 rings (SSSR count). The summed E-state index contributed by atoms with van der Waals surface area (Å²) in [7, 11) is 0. The lowest BCUT2D eigenvalue weighted by Gasteiger charge is -2.12. The highest BCUT2D eigenvalue weighted by molar-refractivity contribution is 5.88. The van der Waals surface area contributed by atoms with Crippen LogP contribution in [0.25, 0.3) is 27.7 Å². The maximum atomic E-state index is 14.2. The highest BCUT2D eigenvalue weighted by Gasteiger charge is 2.15. The number of halogens is 1. The molecular formula is C27H25FN2O2. The van der Waals surface area contributed by atoms with Crippen LogP contribution in [0, 0.1) is 19.7 Å². The normalized spacial score (nSPS) is 12.3. The van der Waals surface area contributed by atoms with Crippen molar-refractivity contribution >= 4 is 16.6 Å². The van der Waals surface area contributed by atoms with Crippen molar-refractivity contribution in [2.24, 2.45) is 0 Å². The molecule has 0 aliphatic carbocycles. The van der Waals surface area contributed by atoms with Gasteiger partial charge in [0.25, 0.3) is 0 Å². The number of hydrogen-bond acceptors (Lipinski definition) is 3. The quantitative estimate of drug-likeness (QED) is 0.389. The summed E-state index contributed by atoms with van der Waals surface area (Å²) in [5, 5.41) is 4.41. The van der Waals surface area contributed by atoms with E-state index in [0.29, 0.717) is 12.1 Å². The number of aryl methyl sites for hydroxylation is 2. The molecule has 0 radical (unpaired) electrons. The Labute approximate surface area is 186 Å². The minimum atomic E-state index is -0.208. The fourth-order valence-corrected chi connectivity index (χ4v) is 4.34. The average molecular weight is 429 g/mol. The van der Waals surface area contributed by atoms with Crippen LogP contribution >= 0.6 is 0 Å². The number of aromatic amines is 1. The summed E-state index contributed by atoms with van der Waals surface area (Å²) >= 11 is 0. The number of ether oxygens (including phenoxy) is 2. The van der Waals surface area contributed by atoms with Crippen LogP contribution in [0.3, 0.4) is 0 Å². The lowest BCUT2D eigenvalue weighted by atomic mass is 10.0. The minimum absolute atomic E-state index is 0.208. The Morgan fingerprint density at radius 3 is 2.56 bits per heavy atom. The SMILES string of the molecule is C=C(NCCc1c(C)[nH]c2c(F)ccc(C)c12)c1ccc(-c2ccc3c(c2)OCO3)cc1. The minimum Gasteiger partial charge on any atom is -0.454 e. The van der Waals surface area contributed by atoms with Crippen molar-refractivity contribution in [1.82, 2.24) is 10.3 Å². The fourth-order valence-electron chi connectivity index (χ4n) is 4.34. The molecule has 0 amide bonds. The third-order valence-corrected chi connectivity index (χ3v) is 6.08. The summed E-state index contributed by atoms with van der Waals surface area (Å²) in [4.78, 5) is 3.20. The first-order valence-electron chi connectivity index (χ1n) is 10.7. The third kappa shape index (κ3) is 3.60. The molecule has 4 nitrogen and oxygen atoms in total. The number of fused-ring (bicyclic) bond motifs is 2. The molecule has 162 valence electrons. The number of nitrogens with one attached hydrogen (secondary N) is 2. The lowest BCUT2D eigenvalue weighted by molar-refractivity contribution is 0.174. The van der Waals surface area contributed by atoms with Crippen LogP contribution in [-0.4, -0.2) is 18.3 Å². The second kappa shape index (κ2) is 8.08. The Balaban J connectivity index is 1.26. The van der Waals surface area contributed by atoms with Gasteiger partial charge in [0, 0.05) is 23.3 Å². The van der Waals surface area contributed by atoms with Gasteiger partial charge < -0.3 is 19.8 Å². The van der Waals surface area contributed by atoms with Gasteiger partial charge in [-0.15, -0.1) is 0 Å². The molecule has 0 spiro atoms. The lowest BCUT2D eigenvalue weighted by Crippen LogP contribution is -2.15. The van der Waals surface area contributed by atoms with E-state index in [1.54, 1.807) is 0 Å². The summed E-state index contributed by atoms with van der Waals surface area (Å²) in [6.07, 6.45) is 0.782. The van der Waals surface area contributed by atoms with Crippen LogP contribution in [0.5, 0.6) is 11.5 Å². The average Bonchev–Trinajstić information content (AvgIpc) is 3.41. The molecular weight excluding hydrogens is 403 g/mol. The van der Waals surface area contributed by atoms with E-state index in [9.17, 15) is 4.39 Å². The van der Waals surface area contributed by atoms with Crippen LogP contribution in [0.15, 0.2) is 61.2 Å². The van der Waals surface area contributed by atoms with Gasteiger partial charge >= 0.3 is 0 Å². The van der Waals surface area contributed by atoms with Crippen molar-refractivity contribution < 1.29 is 13.9 Å². The number of H-pyrrole nitrogens is 1. The van der Waals surface area contributed by atoms with Gasteiger partial charge in [-0.1, -0.05) is 43.0 Å². The van der Waals surface area contributed by atoms with Crippen molar-refractivity contribution in [3.05, 3.63) is 89.4 Å². The van der Waals surface area contributed by atoms with Crippen LogP contribution in [0.1, 0.15) is 22.4 Å². The summed E-state index contributed by atoms with van der Waals surface area (Å²) < 4.78 is 25.0. The molecule has 0 saturated carbocycles. The predicted molar refractivity (Wildman–Crippen MR) is 126 cm³/mol.